The second-order valence-electron chi connectivity index (χ2n) is 7.47. The molecule has 1 atom stereocenters. The molecule has 11 heteroatoms. The molecule has 2 aromatic carbocycles. The van der Waals surface area contributed by atoms with Crippen LogP contribution >= 0.6 is 22.9 Å². The summed E-state index contributed by atoms with van der Waals surface area (Å²) in [7, 11) is 1.58. The first kappa shape index (κ1) is 23.5. The Morgan fingerprint density at radius 1 is 1.24 bits per heavy atom. The van der Waals surface area contributed by atoms with Crippen molar-refractivity contribution in [2.45, 2.75) is 12.5 Å². The van der Waals surface area contributed by atoms with Crippen molar-refractivity contribution in [3.63, 3.8) is 0 Å². The summed E-state index contributed by atoms with van der Waals surface area (Å²) in [6.45, 7) is -0.0376. The molecule has 0 aliphatic carbocycles. The van der Waals surface area contributed by atoms with Gasteiger partial charge in [0.25, 0.3) is 5.91 Å². The van der Waals surface area contributed by atoms with Crippen LogP contribution in [0, 0.1) is 5.82 Å². The van der Waals surface area contributed by atoms with Gasteiger partial charge in [-0.15, -0.1) is 11.3 Å². The van der Waals surface area contributed by atoms with E-state index in [1.807, 2.05) is 0 Å². The van der Waals surface area contributed by atoms with Crippen molar-refractivity contribution in [2.75, 3.05) is 24.0 Å². The van der Waals surface area contributed by atoms with E-state index in [0.717, 1.165) is 17.4 Å². The summed E-state index contributed by atoms with van der Waals surface area (Å²) in [6.07, 6.45) is -0.00550. The predicted molar refractivity (Wildman–Crippen MR) is 128 cm³/mol. The average Bonchev–Trinajstić information content (AvgIpc) is 3.24. The molecule has 1 unspecified atom stereocenters. The van der Waals surface area contributed by atoms with E-state index < -0.39 is 29.6 Å². The van der Waals surface area contributed by atoms with Gasteiger partial charge in [-0.1, -0.05) is 23.7 Å². The highest BCUT2D eigenvalue weighted by Crippen LogP contribution is 2.32. The summed E-state index contributed by atoms with van der Waals surface area (Å²) in [4.78, 5) is 39.1. The van der Waals surface area contributed by atoms with Gasteiger partial charge in [0.2, 0.25) is 11.8 Å². The number of benzene rings is 2. The number of nitrogens with zero attached hydrogens (tertiary/aromatic N) is 1. The minimum atomic E-state index is -0.976. The number of carbonyl (C=O) groups excluding carboxylic acids is 3. The lowest BCUT2D eigenvalue weighted by molar-refractivity contribution is -0.127. The zero-order valence-corrected chi connectivity index (χ0v) is 19.5. The number of rotatable bonds is 7. The highest BCUT2D eigenvalue weighted by molar-refractivity contribution is 7.16. The number of halogens is 2. The van der Waals surface area contributed by atoms with Crippen molar-refractivity contribution in [3.8, 4) is 5.75 Å². The van der Waals surface area contributed by atoms with E-state index in [0.29, 0.717) is 26.2 Å². The van der Waals surface area contributed by atoms with Crippen LogP contribution in [0.4, 0.5) is 15.8 Å². The van der Waals surface area contributed by atoms with E-state index in [1.165, 1.54) is 11.0 Å². The van der Waals surface area contributed by atoms with Crippen LogP contribution < -0.4 is 26.0 Å². The number of anilines is 2. The van der Waals surface area contributed by atoms with Gasteiger partial charge in [-0.2, -0.15) is 0 Å². The van der Waals surface area contributed by atoms with Crippen LogP contribution in [-0.4, -0.2) is 31.5 Å². The van der Waals surface area contributed by atoms with Gasteiger partial charge in [0.05, 0.1) is 22.0 Å². The molecular weight excluding hydrogens is 483 g/mol. The molecule has 1 aliphatic heterocycles. The van der Waals surface area contributed by atoms with Gasteiger partial charge in [0.1, 0.15) is 17.6 Å². The molecular formula is C23H20ClFN4O4S. The van der Waals surface area contributed by atoms with Crippen molar-refractivity contribution in [3.05, 3.63) is 74.7 Å². The van der Waals surface area contributed by atoms with E-state index >= 15 is 0 Å². The normalized spacial score (nSPS) is 13.6. The van der Waals surface area contributed by atoms with E-state index in [9.17, 15) is 18.8 Å². The smallest absolute Gasteiger partial charge is 0.264 e. The first-order valence-electron chi connectivity index (χ1n) is 10.2. The maximum Gasteiger partial charge on any atom is 0.264 e. The van der Waals surface area contributed by atoms with Gasteiger partial charge in [-0.05, 0) is 35.9 Å². The minimum absolute atomic E-state index is 0.00550. The molecule has 0 saturated carbocycles. The maximum atomic E-state index is 14.1. The first-order valence-corrected chi connectivity index (χ1v) is 11.3. The van der Waals surface area contributed by atoms with Crippen molar-refractivity contribution in [1.82, 2.24) is 5.32 Å². The number of carbonyl (C=O) groups is 3. The van der Waals surface area contributed by atoms with Gasteiger partial charge in [0.15, 0.2) is 6.73 Å². The minimum Gasteiger partial charge on any atom is -0.472 e. The second-order valence-corrected chi connectivity index (χ2v) is 9.22. The summed E-state index contributed by atoms with van der Waals surface area (Å²) in [5.41, 5.74) is 6.98. The van der Waals surface area contributed by atoms with E-state index in [1.54, 1.807) is 43.4 Å². The van der Waals surface area contributed by atoms with Gasteiger partial charge in [-0.3, -0.25) is 19.3 Å². The Labute approximate surface area is 203 Å². The van der Waals surface area contributed by atoms with Crippen molar-refractivity contribution < 1.29 is 23.5 Å². The number of amides is 3. The van der Waals surface area contributed by atoms with Crippen LogP contribution in [0.2, 0.25) is 4.34 Å². The highest BCUT2D eigenvalue weighted by atomic mass is 35.5. The molecule has 4 rings (SSSR count). The number of nitrogens with two attached hydrogens (primary N) is 1. The third-order valence-electron chi connectivity index (χ3n) is 5.24. The number of hydrogen-bond donors (Lipinski definition) is 3. The summed E-state index contributed by atoms with van der Waals surface area (Å²) in [6, 6.07) is 11.6. The average molecular weight is 503 g/mol. The number of hydrogen-bond acceptors (Lipinski definition) is 6. The number of fused-ring (bicyclic) bond motifs is 1. The van der Waals surface area contributed by atoms with Crippen LogP contribution in [0.5, 0.6) is 5.75 Å². The molecule has 8 nitrogen and oxygen atoms in total. The third kappa shape index (κ3) is 4.82. The molecule has 1 aromatic heterocycles. The number of ether oxygens (including phenoxy) is 1. The molecule has 0 saturated heterocycles. The molecule has 176 valence electrons. The van der Waals surface area contributed by atoms with Gasteiger partial charge < -0.3 is 21.1 Å². The van der Waals surface area contributed by atoms with Gasteiger partial charge >= 0.3 is 0 Å². The Hall–Kier alpha value is -3.63. The number of thiophene rings is 1. The van der Waals surface area contributed by atoms with Crippen LogP contribution in [-0.2, 0) is 16.0 Å². The van der Waals surface area contributed by atoms with Crippen molar-refractivity contribution in [1.29, 1.82) is 0 Å². The summed E-state index contributed by atoms with van der Waals surface area (Å²) >= 11 is 7.07. The van der Waals surface area contributed by atoms with Crippen LogP contribution in [0.3, 0.4) is 0 Å². The Morgan fingerprint density at radius 2 is 1.97 bits per heavy atom. The fraction of sp³-hybridized carbons (Fsp3) is 0.174. The fourth-order valence-electron chi connectivity index (χ4n) is 3.52. The molecule has 4 N–H and O–H groups in total. The fourth-order valence-corrected chi connectivity index (χ4v) is 4.64. The largest absolute Gasteiger partial charge is 0.472 e. The Balaban J connectivity index is 1.44. The zero-order chi connectivity index (χ0) is 24.4. The summed E-state index contributed by atoms with van der Waals surface area (Å²) < 4.78 is 20.3. The first-order chi connectivity index (χ1) is 16.3. The zero-order valence-electron chi connectivity index (χ0n) is 17.9. The second kappa shape index (κ2) is 9.70. The topological polar surface area (TPSA) is 114 Å². The molecule has 34 heavy (non-hydrogen) atoms. The Morgan fingerprint density at radius 3 is 2.59 bits per heavy atom. The van der Waals surface area contributed by atoms with E-state index in [4.69, 9.17) is 22.1 Å². The Kier molecular flexibility index (Phi) is 6.71. The Bertz CT molecular complexity index is 1260. The third-order valence-corrected chi connectivity index (χ3v) is 6.54. The van der Waals surface area contributed by atoms with Crippen LogP contribution in [0.25, 0.3) is 0 Å². The number of nitrogens with one attached hydrogen (secondary N) is 2. The van der Waals surface area contributed by atoms with Gasteiger partial charge in [-0.25, -0.2) is 4.39 Å². The summed E-state index contributed by atoms with van der Waals surface area (Å²) in [5.74, 6) is -1.74. The maximum absolute atomic E-state index is 14.1. The number of primary amides is 1. The standard InChI is InChI=1S/C23H20ClFN4O4S/c1-27-16-10-17-14(9-15(16)25)23(32)29(11-33-17)13-4-2-12(3-5-13)8-20(30)28-21(22(26)31)18-6-7-19(24)34-18/h2-7,9-10,21,27H,8,11H2,1H3,(H2,26,31)(H,28,30). The van der Waals surface area contributed by atoms with Crippen LogP contribution in [0.1, 0.15) is 26.8 Å². The molecule has 3 aromatic rings. The molecule has 1 aliphatic rings. The van der Waals surface area contributed by atoms with Crippen molar-refractivity contribution in [2.24, 2.45) is 5.73 Å². The molecule has 0 fully saturated rings. The SMILES string of the molecule is CNc1cc2c(cc1F)C(=O)N(c1ccc(CC(=O)NC(C(N)=O)c3ccc(Cl)s3)cc1)CO2. The van der Waals surface area contributed by atoms with Crippen LogP contribution in [0.15, 0.2) is 48.5 Å². The van der Waals surface area contributed by atoms with Crippen molar-refractivity contribution >= 4 is 52.0 Å². The van der Waals surface area contributed by atoms with Gasteiger partial charge in [0, 0.05) is 23.7 Å². The molecule has 0 spiro atoms. The molecule has 3 amide bonds. The quantitative estimate of drug-likeness (QED) is 0.458. The monoisotopic (exact) mass is 502 g/mol. The van der Waals surface area contributed by atoms with E-state index in [2.05, 4.69) is 10.6 Å². The highest BCUT2D eigenvalue weighted by Gasteiger charge is 2.28. The predicted octanol–water partition coefficient (Wildman–Crippen LogP) is 3.46. The molecule has 2 heterocycles. The molecule has 0 bridgehead atoms. The molecule has 0 radical (unpaired) electrons. The lowest BCUT2D eigenvalue weighted by Crippen LogP contribution is -2.39. The lowest BCUT2D eigenvalue weighted by Gasteiger charge is -2.29. The lowest BCUT2D eigenvalue weighted by atomic mass is 10.1. The summed E-state index contributed by atoms with van der Waals surface area (Å²) in [5, 5.41) is 5.33. The van der Waals surface area contributed by atoms with E-state index in [-0.39, 0.29) is 24.4 Å².